The molecule has 0 saturated heterocycles. The Kier molecular flexibility index (Phi) is 2.51. The molecule has 0 saturated carbocycles. The van der Waals surface area contributed by atoms with Gasteiger partial charge in [-0.1, -0.05) is 23.0 Å². The number of sulfone groups is 1. The lowest BCUT2D eigenvalue weighted by Gasteiger charge is -1.98. The molecule has 98 valence electrons. The number of nitrogens with zero attached hydrogens (tertiary/aromatic N) is 1. The number of H-pyrrole nitrogens is 1. The number of aromatic amines is 1. The molecule has 0 amide bonds. The predicted octanol–water partition coefficient (Wildman–Crippen LogP) is 1.85. The summed E-state index contributed by atoms with van der Waals surface area (Å²) in [6, 6.07) is 5.47. The molecule has 0 atom stereocenters. The third-order valence-electron chi connectivity index (χ3n) is 2.81. The SMILES string of the molecule is Cc1ccc2[nH]c3sc(S(C)(=O)=O)nc3c(=O)c2c1. The summed E-state index contributed by atoms with van der Waals surface area (Å²) in [6.45, 7) is 1.89. The fourth-order valence-electron chi connectivity index (χ4n) is 1.90. The number of aryl methyl sites for hydroxylation is 1. The van der Waals surface area contributed by atoms with Crippen molar-refractivity contribution in [3.05, 3.63) is 34.0 Å². The van der Waals surface area contributed by atoms with Crippen molar-refractivity contribution >= 4 is 42.4 Å². The van der Waals surface area contributed by atoms with E-state index in [2.05, 4.69) is 9.97 Å². The third-order valence-corrected chi connectivity index (χ3v) is 5.46. The van der Waals surface area contributed by atoms with Crippen molar-refractivity contribution in [1.82, 2.24) is 9.97 Å². The summed E-state index contributed by atoms with van der Waals surface area (Å²) in [5, 5.41) is 0.526. The lowest BCUT2D eigenvalue weighted by molar-refractivity contribution is 0.601. The van der Waals surface area contributed by atoms with E-state index in [4.69, 9.17) is 0 Å². The van der Waals surface area contributed by atoms with Crippen LogP contribution >= 0.6 is 11.3 Å². The molecule has 19 heavy (non-hydrogen) atoms. The summed E-state index contributed by atoms with van der Waals surface area (Å²) < 4.78 is 22.9. The molecule has 0 unspecified atom stereocenters. The quantitative estimate of drug-likeness (QED) is 0.742. The van der Waals surface area contributed by atoms with Gasteiger partial charge in [0.1, 0.15) is 10.3 Å². The molecular formula is C12H10N2O3S2. The molecule has 0 fully saturated rings. The van der Waals surface area contributed by atoms with Crippen LogP contribution in [0.3, 0.4) is 0 Å². The van der Waals surface area contributed by atoms with Gasteiger partial charge in [0.05, 0.1) is 5.52 Å². The maximum absolute atomic E-state index is 12.3. The Hall–Kier alpha value is -1.73. The van der Waals surface area contributed by atoms with Crippen LogP contribution in [0.25, 0.3) is 21.3 Å². The van der Waals surface area contributed by atoms with Crippen LogP contribution in [0.5, 0.6) is 0 Å². The highest BCUT2D eigenvalue weighted by atomic mass is 32.2. The predicted molar refractivity (Wildman–Crippen MR) is 75.6 cm³/mol. The first-order chi connectivity index (χ1) is 8.86. The summed E-state index contributed by atoms with van der Waals surface area (Å²) in [4.78, 5) is 19.8. The highest BCUT2D eigenvalue weighted by Gasteiger charge is 2.17. The van der Waals surface area contributed by atoms with E-state index >= 15 is 0 Å². The minimum absolute atomic E-state index is 0.0390. The van der Waals surface area contributed by atoms with Crippen LogP contribution in [-0.2, 0) is 9.84 Å². The van der Waals surface area contributed by atoms with Crippen LogP contribution in [-0.4, -0.2) is 24.6 Å². The van der Waals surface area contributed by atoms with Crippen molar-refractivity contribution in [3.63, 3.8) is 0 Å². The number of nitrogens with one attached hydrogen (secondary N) is 1. The normalized spacial score (nSPS) is 12.3. The van der Waals surface area contributed by atoms with Gasteiger partial charge >= 0.3 is 0 Å². The van der Waals surface area contributed by atoms with Gasteiger partial charge in [-0.05, 0) is 19.1 Å². The Bertz CT molecular complexity index is 968. The largest absolute Gasteiger partial charge is 0.345 e. The first-order valence-corrected chi connectivity index (χ1v) is 8.20. The van der Waals surface area contributed by atoms with Gasteiger partial charge in [0.25, 0.3) is 0 Å². The highest BCUT2D eigenvalue weighted by molar-refractivity contribution is 7.92. The van der Waals surface area contributed by atoms with E-state index in [1.807, 2.05) is 19.1 Å². The number of benzene rings is 1. The zero-order chi connectivity index (χ0) is 13.8. The first kappa shape index (κ1) is 12.3. The lowest BCUT2D eigenvalue weighted by Crippen LogP contribution is -2.04. The number of hydrogen-bond acceptors (Lipinski definition) is 5. The smallest absolute Gasteiger partial charge is 0.216 e. The van der Waals surface area contributed by atoms with Gasteiger partial charge in [0.2, 0.25) is 19.6 Å². The molecule has 2 heterocycles. The van der Waals surface area contributed by atoms with E-state index < -0.39 is 9.84 Å². The van der Waals surface area contributed by atoms with Gasteiger partial charge in [-0.2, -0.15) is 0 Å². The third kappa shape index (κ3) is 1.95. The number of aromatic nitrogens is 2. The average molecular weight is 294 g/mol. The second-order valence-corrected chi connectivity index (χ2v) is 7.62. The van der Waals surface area contributed by atoms with Crippen LogP contribution in [0.15, 0.2) is 27.3 Å². The molecule has 3 rings (SSSR count). The van der Waals surface area contributed by atoms with Crippen LogP contribution < -0.4 is 5.43 Å². The Morgan fingerprint density at radius 1 is 1.32 bits per heavy atom. The second kappa shape index (κ2) is 3.88. The summed E-state index contributed by atoms with van der Waals surface area (Å²) >= 11 is 0.983. The van der Waals surface area contributed by atoms with Crippen molar-refractivity contribution < 1.29 is 8.42 Å². The molecule has 0 bridgehead atoms. The van der Waals surface area contributed by atoms with E-state index in [0.717, 1.165) is 23.2 Å². The van der Waals surface area contributed by atoms with Crippen molar-refractivity contribution in [2.45, 2.75) is 11.3 Å². The Balaban J connectivity index is 2.50. The van der Waals surface area contributed by atoms with E-state index in [-0.39, 0.29) is 15.3 Å². The van der Waals surface area contributed by atoms with Gasteiger partial charge in [0, 0.05) is 11.6 Å². The minimum atomic E-state index is -3.40. The van der Waals surface area contributed by atoms with E-state index in [1.54, 1.807) is 6.07 Å². The summed E-state index contributed by atoms with van der Waals surface area (Å²) in [5.41, 5.74) is 1.60. The Labute approximate surface area is 112 Å². The van der Waals surface area contributed by atoms with Crippen LogP contribution in [0, 0.1) is 6.92 Å². The molecule has 1 aromatic carbocycles. The maximum atomic E-state index is 12.3. The van der Waals surface area contributed by atoms with E-state index in [0.29, 0.717) is 15.7 Å². The van der Waals surface area contributed by atoms with E-state index in [9.17, 15) is 13.2 Å². The molecule has 3 aromatic rings. The van der Waals surface area contributed by atoms with Crippen molar-refractivity contribution in [2.24, 2.45) is 0 Å². The molecule has 0 spiro atoms. The van der Waals surface area contributed by atoms with Gasteiger partial charge in [-0.25, -0.2) is 13.4 Å². The van der Waals surface area contributed by atoms with Crippen molar-refractivity contribution in [3.8, 4) is 0 Å². The molecule has 2 aromatic heterocycles. The second-order valence-electron chi connectivity index (χ2n) is 4.43. The number of hydrogen-bond donors (Lipinski definition) is 1. The maximum Gasteiger partial charge on any atom is 0.216 e. The monoisotopic (exact) mass is 294 g/mol. The zero-order valence-corrected chi connectivity index (χ0v) is 11.9. The topological polar surface area (TPSA) is 79.9 Å². The molecule has 0 radical (unpaired) electrons. The van der Waals surface area contributed by atoms with Gasteiger partial charge in [-0.15, -0.1) is 0 Å². The molecule has 0 aliphatic rings. The number of fused-ring (bicyclic) bond motifs is 2. The zero-order valence-electron chi connectivity index (χ0n) is 10.2. The van der Waals surface area contributed by atoms with Crippen LogP contribution in [0.1, 0.15) is 5.56 Å². The molecular weight excluding hydrogens is 284 g/mol. The van der Waals surface area contributed by atoms with Gasteiger partial charge < -0.3 is 4.98 Å². The molecule has 0 aliphatic heterocycles. The lowest BCUT2D eigenvalue weighted by atomic mass is 10.1. The number of thiazole rings is 1. The van der Waals surface area contributed by atoms with Crippen molar-refractivity contribution in [2.75, 3.05) is 6.26 Å². The standard InChI is InChI=1S/C12H10N2O3S2/c1-6-3-4-8-7(5-6)10(15)9-11(13-8)18-12(14-9)19(2,16)17/h3-5H,1-2H3,(H,13,15). The number of rotatable bonds is 1. The van der Waals surface area contributed by atoms with Gasteiger partial charge in [-0.3, -0.25) is 4.79 Å². The molecule has 5 nitrogen and oxygen atoms in total. The number of pyridine rings is 1. The Morgan fingerprint density at radius 3 is 2.74 bits per heavy atom. The molecule has 1 N–H and O–H groups in total. The van der Waals surface area contributed by atoms with E-state index in [1.165, 1.54) is 0 Å². The molecule has 0 aliphatic carbocycles. The summed E-state index contributed by atoms with van der Waals surface area (Å²) in [6.07, 6.45) is 1.08. The minimum Gasteiger partial charge on any atom is -0.345 e. The molecule has 7 heteroatoms. The first-order valence-electron chi connectivity index (χ1n) is 5.49. The fraction of sp³-hybridized carbons (Fsp3) is 0.167. The summed E-state index contributed by atoms with van der Waals surface area (Å²) in [5.74, 6) is 0. The van der Waals surface area contributed by atoms with Crippen LogP contribution in [0.2, 0.25) is 0 Å². The van der Waals surface area contributed by atoms with Crippen LogP contribution in [0.4, 0.5) is 0 Å². The van der Waals surface area contributed by atoms with Crippen molar-refractivity contribution in [1.29, 1.82) is 0 Å². The highest BCUT2D eigenvalue weighted by Crippen LogP contribution is 2.24. The fourth-order valence-corrected chi connectivity index (χ4v) is 3.72. The van der Waals surface area contributed by atoms with Gasteiger partial charge in [0.15, 0.2) is 0 Å². The summed E-state index contributed by atoms with van der Waals surface area (Å²) in [7, 11) is -3.40. The average Bonchev–Trinajstić information content (AvgIpc) is 2.74. The Morgan fingerprint density at radius 2 is 2.05 bits per heavy atom.